The van der Waals surface area contributed by atoms with E-state index in [-0.39, 0.29) is 36.5 Å². The van der Waals surface area contributed by atoms with Crippen molar-refractivity contribution in [3.63, 3.8) is 0 Å². The number of carbonyl (C=O) groups excluding carboxylic acids is 1. The van der Waals surface area contributed by atoms with Gasteiger partial charge in [0, 0.05) is 55.9 Å². The molecule has 0 bridgehead atoms. The smallest absolute Gasteiger partial charge is 0.259 e. The van der Waals surface area contributed by atoms with E-state index in [1.54, 1.807) is 29.6 Å². The maximum atomic E-state index is 13.5. The first-order valence-electron chi connectivity index (χ1n) is 12.0. The second kappa shape index (κ2) is 11.8. The van der Waals surface area contributed by atoms with Crippen LogP contribution in [0.25, 0.3) is 0 Å². The molecule has 3 atom stereocenters. The van der Waals surface area contributed by atoms with Crippen molar-refractivity contribution in [1.29, 1.82) is 0 Å². The quantitative estimate of drug-likeness (QED) is 0.537. The van der Waals surface area contributed by atoms with Gasteiger partial charge < -0.3 is 14.7 Å². The Labute approximate surface area is 212 Å². The summed E-state index contributed by atoms with van der Waals surface area (Å²) < 4.78 is 6.37. The molecule has 36 heavy (non-hydrogen) atoms. The van der Waals surface area contributed by atoms with Gasteiger partial charge >= 0.3 is 0 Å². The normalized spacial score (nSPS) is 18.4. The van der Waals surface area contributed by atoms with Gasteiger partial charge in [0.2, 0.25) is 5.88 Å². The summed E-state index contributed by atoms with van der Waals surface area (Å²) in [5.74, 6) is 6.11. The van der Waals surface area contributed by atoms with Crippen LogP contribution in [-0.2, 0) is 6.54 Å². The first-order chi connectivity index (χ1) is 17.4. The van der Waals surface area contributed by atoms with Gasteiger partial charge in [-0.05, 0) is 49.7 Å². The molecular formula is C28H31N5O3. The van der Waals surface area contributed by atoms with Crippen LogP contribution in [0.4, 0.5) is 0 Å². The maximum Gasteiger partial charge on any atom is 0.259 e. The first kappa shape index (κ1) is 25.3. The fourth-order valence-corrected chi connectivity index (χ4v) is 4.14. The van der Waals surface area contributed by atoms with Crippen LogP contribution in [-0.4, -0.2) is 74.7 Å². The zero-order valence-electron chi connectivity index (χ0n) is 20.8. The molecule has 0 aromatic carbocycles. The minimum absolute atomic E-state index is 0.0119. The summed E-state index contributed by atoms with van der Waals surface area (Å²) in [6, 6.07) is 10.9. The van der Waals surface area contributed by atoms with Gasteiger partial charge in [-0.25, -0.2) is 9.97 Å². The average molecular weight is 486 g/mol. The van der Waals surface area contributed by atoms with Crippen LogP contribution >= 0.6 is 0 Å². The van der Waals surface area contributed by atoms with E-state index >= 15 is 0 Å². The number of hydrogen-bond donors (Lipinski definition) is 1. The predicted octanol–water partition coefficient (Wildman–Crippen LogP) is 2.62. The third-order valence-electron chi connectivity index (χ3n) is 6.19. The molecule has 1 aliphatic heterocycles. The van der Waals surface area contributed by atoms with Crippen LogP contribution in [0.3, 0.4) is 0 Å². The molecule has 3 aromatic heterocycles. The number of nitrogens with zero attached hydrogens (tertiary/aromatic N) is 5. The number of carbonyl (C=O) groups is 1. The molecule has 8 heteroatoms. The van der Waals surface area contributed by atoms with E-state index in [0.717, 1.165) is 12.1 Å². The SMILES string of the molecule is C[C@@H]1CN([C@H](C)CO)C(=O)c2cc(C#Cc3ccccn3)cnc2O[C@H]1CN(C)Cc1cccnc1. The van der Waals surface area contributed by atoms with Gasteiger partial charge in [0.25, 0.3) is 5.91 Å². The van der Waals surface area contributed by atoms with Crippen molar-refractivity contribution in [3.05, 3.63) is 83.6 Å². The van der Waals surface area contributed by atoms with Crippen LogP contribution in [0.5, 0.6) is 5.88 Å². The Morgan fingerprint density at radius 1 is 1.19 bits per heavy atom. The molecule has 0 aliphatic carbocycles. The summed E-state index contributed by atoms with van der Waals surface area (Å²) in [6.45, 7) is 5.58. The van der Waals surface area contributed by atoms with Gasteiger partial charge in [0.15, 0.2) is 0 Å². The lowest BCUT2D eigenvalue weighted by atomic mass is 9.99. The highest BCUT2D eigenvalue weighted by Crippen LogP contribution is 2.27. The summed E-state index contributed by atoms with van der Waals surface area (Å²) in [5.41, 5.74) is 2.67. The summed E-state index contributed by atoms with van der Waals surface area (Å²) in [6.07, 6.45) is 6.69. The number of rotatable bonds is 6. The molecule has 0 saturated heterocycles. The molecule has 4 heterocycles. The Hall–Kier alpha value is -3.80. The molecule has 186 valence electrons. The van der Waals surface area contributed by atoms with Crippen LogP contribution < -0.4 is 4.74 Å². The summed E-state index contributed by atoms with van der Waals surface area (Å²) >= 11 is 0. The summed E-state index contributed by atoms with van der Waals surface area (Å²) in [4.78, 5) is 30.3. The van der Waals surface area contributed by atoms with Crippen molar-refractivity contribution in [2.75, 3.05) is 26.7 Å². The monoisotopic (exact) mass is 485 g/mol. The Bertz CT molecular complexity index is 1230. The fourth-order valence-electron chi connectivity index (χ4n) is 4.14. The van der Waals surface area contributed by atoms with Crippen molar-refractivity contribution >= 4 is 5.91 Å². The maximum absolute atomic E-state index is 13.5. The highest BCUT2D eigenvalue weighted by Gasteiger charge is 2.34. The molecule has 8 nitrogen and oxygen atoms in total. The van der Waals surface area contributed by atoms with E-state index in [0.29, 0.717) is 29.9 Å². The number of aliphatic hydroxyl groups excluding tert-OH is 1. The van der Waals surface area contributed by atoms with E-state index in [1.807, 2.05) is 50.5 Å². The Balaban J connectivity index is 1.63. The molecule has 0 unspecified atom stereocenters. The second-order valence-corrected chi connectivity index (χ2v) is 9.22. The van der Waals surface area contributed by atoms with Crippen LogP contribution in [0.15, 0.2) is 61.2 Å². The van der Waals surface area contributed by atoms with Crippen molar-refractivity contribution in [3.8, 4) is 17.7 Å². The molecule has 0 fully saturated rings. The second-order valence-electron chi connectivity index (χ2n) is 9.22. The fraction of sp³-hybridized carbons (Fsp3) is 0.357. The van der Waals surface area contributed by atoms with Crippen LogP contribution in [0.1, 0.15) is 41.0 Å². The molecule has 3 aromatic rings. The number of aliphatic hydroxyl groups is 1. The Morgan fingerprint density at radius 2 is 2.06 bits per heavy atom. The molecule has 1 amide bonds. The first-order valence-corrected chi connectivity index (χ1v) is 12.0. The standard InChI is InChI=1S/C28H31N5O3/c1-20-16-33(21(2)19-34)28(35)25-13-22(9-10-24-8-4-5-12-30-24)15-31-27(25)36-26(20)18-32(3)17-23-7-6-11-29-14-23/h4-8,11-15,20-21,26,34H,16-19H2,1-3H3/t20-,21-,26+/m1/s1. The zero-order chi connectivity index (χ0) is 25.5. The summed E-state index contributed by atoms with van der Waals surface area (Å²) in [5, 5.41) is 9.86. The number of ether oxygens (including phenoxy) is 1. The van der Waals surface area contributed by atoms with Gasteiger partial charge in [-0.15, -0.1) is 0 Å². The third-order valence-corrected chi connectivity index (χ3v) is 6.19. The highest BCUT2D eigenvalue weighted by molar-refractivity contribution is 5.97. The molecular weight excluding hydrogens is 454 g/mol. The lowest BCUT2D eigenvalue weighted by molar-refractivity contribution is 0.0325. The molecule has 1 aliphatic rings. The van der Waals surface area contributed by atoms with E-state index in [9.17, 15) is 9.90 Å². The number of hydrogen-bond acceptors (Lipinski definition) is 7. The van der Waals surface area contributed by atoms with Crippen molar-refractivity contribution in [2.45, 2.75) is 32.5 Å². The van der Waals surface area contributed by atoms with Crippen LogP contribution in [0, 0.1) is 17.8 Å². The van der Waals surface area contributed by atoms with E-state index < -0.39 is 0 Å². The average Bonchev–Trinajstić information content (AvgIpc) is 2.90. The van der Waals surface area contributed by atoms with Gasteiger partial charge in [-0.3, -0.25) is 14.7 Å². The van der Waals surface area contributed by atoms with Crippen LogP contribution in [0.2, 0.25) is 0 Å². The number of aromatic nitrogens is 3. The molecule has 4 rings (SSSR count). The predicted molar refractivity (Wildman–Crippen MR) is 136 cm³/mol. The Morgan fingerprint density at radius 3 is 2.78 bits per heavy atom. The van der Waals surface area contributed by atoms with E-state index in [1.165, 1.54) is 0 Å². The van der Waals surface area contributed by atoms with Gasteiger partial charge in [-0.1, -0.05) is 25.0 Å². The van der Waals surface area contributed by atoms with Gasteiger partial charge in [0.1, 0.15) is 17.4 Å². The number of fused-ring (bicyclic) bond motifs is 1. The lowest BCUT2D eigenvalue weighted by Gasteiger charge is -2.37. The number of likely N-dealkylation sites (N-methyl/N-ethyl adjacent to an activating group) is 1. The van der Waals surface area contributed by atoms with E-state index in [4.69, 9.17) is 4.74 Å². The number of amides is 1. The van der Waals surface area contributed by atoms with Gasteiger partial charge in [-0.2, -0.15) is 0 Å². The molecule has 0 radical (unpaired) electrons. The molecule has 0 saturated carbocycles. The Kier molecular flexibility index (Phi) is 8.26. The topological polar surface area (TPSA) is 91.7 Å². The lowest BCUT2D eigenvalue weighted by Crippen LogP contribution is -2.49. The third kappa shape index (κ3) is 6.25. The molecule has 0 spiro atoms. The largest absolute Gasteiger partial charge is 0.472 e. The minimum Gasteiger partial charge on any atom is -0.472 e. The van der Waals surface area contributed by atoms with Crippen molar-refractivity contribution < 1.29 is 14.6 Å². The zero-order valence-corrected chi connectivity index (χ0v) is 20.8. The summed E-state index contributed by atoms with van der Waals surface area (Å²) in [7, 11) is 2.03. The minimum atomic E-state index is -0.345. The van der Waals surface area contributed by atoms with Crippen molar-refractivity contribution in [1.82, 2.24) is 24.8 Å². The van der Waals surface area contributed by atoms with Gasteiger partial charge in [0.05, 0.1) is 12.6 Å². The van der Waals surface area contributed by atoms with E-state index in [2.05, 4.69) is 38.6 Å². The molecule has 1 N–H and O–H groups in total. The highest BCUT2D eigenvalue weighted by atomic mass is 16.5. The number of pyridine rings is 3. The van der Waals surface area contributed by atoms with Crippen molar-refractivity contribution in [2.24, 2.45) is 5.92 Å².